The van der Waals surface area contributed by atoms with Crippen LogP contribution in [0.1, 0.15) is 6.92 Å². The van der Waals surface area contributed by atoms with Crippen LogP contribution < -0.4 is 0 Å². The molecule has 58 valence electrons. The van der Waals surface area contributed by atoms with Crippen LogP contribution in [-0.4, -0.2) is 11.9 Å². The summed E-state index contributed by atoms with van der Waals surface area (Å²) in [4.78, 5) is 15.0. The van der Waals surface area contributed by atoms with E-state index in [2.05, 4.69) is 14.7 Å². The molecule has 0 saturated heterocycles. The lowest BCUT2D eigenvalue weighted by Crippen LogP contribution is -2.06. The standard InChI is InChI=1S/C7H7NO3/c1-6(9)11-7-4-2-3-5-10-8-7/h2-5H,1H3. The van der Waals surface area contributed by atoms with Gasteiger partial charge in [-0.2, -0.15) is 0 Å². The Morgan fingerprint density at radius 3 is 3.18 bits per heavy atom. The Bertz CT molecular complexity index is 240. The summed E-state index contributed by atoms with van der Waals surface area (Å²) < 4.78 is 4.63. The minimum Gasteiger partial charge on any atom is -0.404 e. The highest BCUT2D eigenvalue weighted by atomic mass is 16.6. The van der Waals surface area contributed by atoms with Crippen LogP contribution in [0, 0.1) is 0 Å². The van der Waals surface area contributed by atoms with E-state index in [4.69, 9.17) is 0 Å². The zero-order chi connectivity index (χ0) is 8.10. The summed E-state index contributed by atoms with van der Waals surface area (Å²) >= 11 is 0. The quantitative estimate of drug-likeness (QED) is 0.487. The van der Waals surface area contributed by atoms with E-state index in [-0.39, 0.29) is 5.90 Å². The van der Waals surface area contributed by atoms with Gasteiger partial charge >= 0.3 is 5.97 Å². The third-order valence-corrected chi connectivity index (χ3v) is 0.880. The fourth-order valence-corrected chi connectivity index (χ4v) is 0.531. The number of carbonyl (C=O) groups excluding carboxylic acids is 1. The van der Waals surface area contributed by atoms with Gasteiger partial charge in [-0.25, -0.2) is 0 Å². The zero-order valence-corrected chi connectivity index (χ0v) is 5.98. The molecule has 0 unspecified atom stereocenters. The van der Waals surface area contributed by atoms with E-state index in [1.807, 2.05) is 0 Å². The first-order valence-corrected chi connectivity index (χ1v) is 3.04. The molecule has 0 aliphatic carbocycles. The summed E-state index contributed by atoms with van der Waals surface area (Å²) in [7, 11) is 0. The Hall–Kier alpha value is -1.58. The molecule has 1 aliphatic heterocycles. The van der Waals surface area contributed by atoms with Crippen LogP contribution in [0.2, 0.25) is 0 Å². The van der Waals surface area contributed by atoms with Gasteiger partial charge in [0, 0.05) is 13.0 Å². The van der Waals surface area contributed by atoms with Gasteiger partial charge in [-0.3, -0.25) is 4.79 Å². The molecular formula is C7H7NO3. The number of hydrogen-bond acceptors (Lipinski definition) is 4. The van der Waals surface area contributed by atoms with Crippen molar-refractivity contribution in [1.82, 2.24) is 0 Å². The van der Waals surface area contributed by atoms with E-state index >= 15 is 0 Å². The summed E-state index contributed by atoms with van der Waals surface area (Å²) in [6.07, 6.45) is 6.21. The van der Waals surface area contributed by atoms with Gasteiger partial charge in [0.15, 0.2) is 0 Å². The first-order valence-electron chi connectivity index (χ1n) is 3.04. The highest BCUT2D eigenvalue weighted by molar-refractivity contribution is 5.95. The Kier molecular flexibility index (Phi) is 2.43. The van der Waals surface area contributed by atoms with Gasteiger partial charge in [0.2, 0.25) is 0 Å². The topological polar surface area (TPSA) is 47.9 Å². The second kappa shape index (κ2) is 3.55. The molecule has 1 rings (SSSR count). The predicted octanol–water partition coefficient (Wildman–Crippen LogP) is 0.963. The van der Waals surface area contributed by atoms with Crippen molar-refractivity contribution in [2.45, 2.75) is 6.92 Å². The minimum atomic E-state index is -0.418. The van der Waals surface area contributed by atoms with Crippen molar-refractivity contribution in [3.05, 3.63) is 24.5 Å². The number of ether oxygens (including phenoxy) is 1. The Labute approximate surface area is 63.8 Å². The van der Waals surface area contributed by atoms with Crippen LogP contribution >= 0.6 is 0 Å². The average Bonchev–Trinajstić information content (AvgIpc) is 2.14. The molecule has 0 fully saturated rings. The molecule has 0 aromatic rings. The van der Waals surface area contributed by atoms with Gasteiger partial charge in [0.1, 0.15) is 6.26 Å². The normalized spacial score (nSPS) is 14.8. The number of rotatable bonds is 0. The molecule has 1 aliphatic rings. The van der Waals surface area contributed by atoms with Crippen LogP contribution in [-0.2, 0) is 14.4 Å². The molecule has 11 heavy (non-hydrogen) atoms. The van der Waals surface area contributed by atoms with Gasteiger partial charge in [-0.15, -0.1) is 0 Å². The molecule has 4 nitrogen and oxygen atoms in total. The Morgan fingerprint density at radius 2 is 2.45 bits per heavy atom. The van der Waals surface area contributed by atoms with E-state index in [0.717, 1.165) is 0 Å². The van der Waals surface area contributed by atoms with Crippen LogP contribution in [0.15, 0.2) is 29.6 Å². The molecule has 0 saturated carbocycles. The molecule has 0 spiro atoms. The third-order valence-electron chi connectivity index (χ3n) is 0.880. The first kappa shape index (κ1) is 7.53. The fourth-order valence-electron chi connectivity index (χ4n) is 0.531. The van der Waals surface area contributed by atoms with E-state index in [1.165, 1.54) is 19.3 Å². The number of oxime groups is 1. The zero-order valence-electron chi connectivity index (χ0n) is 5.98. The van der Waals surface area contributed by atoms with Crippen molar-refractivity contribution in [2.24, 2.45) is 5.16 Å². The summed E-state index contributed by atoms with van der Waals surface area (Å²) in [6, 6.07) is 0. The molecule has 0 amide bonds. The van der Waals surface area contributed by atoms with Crippen molar-refractivity contribution in [3.8, 4) is 0 Å². The number of hydrogen-bond donors (Lipinski definition) is 0. The molecule has 0 radical (unpaired) electrons. The Balaban J connectivity index is 2.58. The van der Waals surface area contributed by atoms with Crippen molar-refractivity contribution < 1.29 is 14.4 Å². The lowest BCUT2D eigenvalue weighted by Gasteiger charge is -1.96. The average molecular weight is 153 g/mol. The monoisotopic (exact) mass is 153 g/mol. The molecule has 4 heteroatoms. The van der Waals surface area contributed by atoms with E-state index < -0.39 is 5.97 Å². The van der Waals surface area contributed by atoms with Crippen LogP contribution in [0.3, 0.4) is 0 Å². The molecule has 0 bridgehead atoms. The minimum absolute atomic E-state index is 0.155. The molecule has 1 heterocycles. The van der Waals surface area contributed by atoms with Crippen LogP contribution in [0.5, 0.6) is 0 Å². The predicted molar refractivity (Wildman–Crippen MR) is 38.6 cm³/mol. The second-order valence-corrected chi connectivity index (χ2v) is 1.82. The summed E-state index contributed by atoms with van der Waals surface area (Å²) in [6.45, 7) is 1.30. The molecular weight excluding hydrogens is 146 g/mol. The maximum absolute atomic E-state index is 10.4. The van der Waals surface area contributed by atoms with Crippen molar-refractivity contribution >= 4 is 11.9 Å². The molecule has 0 aromatic heterocycles. The molecule has 0 N–H and O–H groups in total. The summed E-state index contributed by atoms with van der Waals surface area (Å²) in [5.74, 6) is -0.263. The SMILES string of the molecule is CC(=O)OC1=NOC=CC=C1. The second-order valence-electron chi connectivity index (χ2n) is 1.82. The smallest absolute Gasteiger partial charge is 0.309 e. The van der Waals surface area contributed by atoms with Crippen molar-refractivity contribution in [3.63, 3.8) is 0 Å². The van der Waals surface area contributed by atoms with E-state index in [1.54, 1.807) is 12.2 Å². The number of nitrogens with zero attached hydrogens (tertiary/aromatic N) is 1. The fraction of sp³-hybridized carbons (Fsp3) is 0.143. The first-order chi connectivity index (χ1) is 5.29. The highest BCUT2D eigenvalue weighted by Gasteiger charge is 2.00. The van der Waals surface area contributed by atoms with Gasteiger partial charge in [0.25, 0.3) is 5.90 Å². The van der Waals surface area contributed by atoms with Gasteiger partial charge in [-0.05, 0) is 11.2 Å². The summed E-state index contributed by atoms with van der Waals surface area (Å²) in [5.41, 5.74) is 0. The van der Waals surface area contributed by atoms with E-state index in [9.17, 15) is 4.79 Å². The maximum Gasteiger partial charge on any atom is 0.309 e. The third kappa shape index (κ3) is 2.66. The van der Waals surface area contributed by atoms with Crippen LogP contribution in [0.4, 0.5) is 0 Å². The lowest BCUT2D eigenvalue weighted by atomic mass is 10.5. The van der Waals surface area contributed by atoms with Crippen LogP contribution in [0.25, 0.3) is 0 Å². The number of allylic oxidation sites excluding steroid dienone is 2. The maximum atomic E-state index is 10.4. The molecule has 0 aromatic carbocycles. The number of carbonyl (C=O) groups is 1. The molecule has 0 atom stereocenters. The largest absolute Gasteiger partial charge is 0.404 e. The van der Waals surface area contributed by atoms with Gasteiger partial charge in [0.05, 0.1) is 0 Å². The van der Waals surface area contributed by atoms with Crippen molar-refractivity contribution in [2.75, 3.05) is 0 Å². The highest BCUT2D eigenvalue weighted by Crippen LogP contribution is 1.94. The van der Waals surface area contributed by atoms with Crippen molar-refractivity contribution in [1.29, 1.82) is 0 Å². The Morgan fingerprint density at radius 1 is 1.64 bits per heavy atom. The summed E-state index contributed by atoms with van der Waals surface area (Å²) in [5, 5.41) is 3.46. The lowest BCUT2D eigenvalue weighted by molar-refractivity contribution is -0.133. The van der Waals surface area contributed by atoms with E-state index in [0.29, 0.717) is 0 Å². The van der Waals surface area contributed by atoms with Gasteiger partial charge in [-0.1, -0.05) is 6.08 Å². The number of esters is 1. The van der Waals surface area contributed by atoms with Gasteiger partial charge < -0.3 is 9.57 Å².